The lowest BCUT2D eigenvalue weighted by atomic mass is 10.2. The standard InChI is InChI=1S/C24H31N5O.HI/c1-20(18-30-19-22-11-7-4-8-12-22)15-27-24(25-2)28-16-23-26-13-14-29(23)17-21-9-5-3-6-10-21;/h3-14,20H,15-19H2,1-2H3,(H2,25,27,28);1H. The number of benzene rings is 2. The first-order chi connectivity index (χ1) is 14.7. The van der Waals surface area contributed by atoms with Crippen molar-refractivity contribution in [2.75, 3.05) is 20.2 Å². The fourth-order valence-electron chi connectivity index (χ4n) is 3.10. The molecule has 7 heteroatoms. The molecule has 6 nitrogen and oxygen atoms in total. The summed E-state index contributed by atoms with van der Waals surface area (Å²) < 4.78 is 7.97. The largest absolute Gasteiger partial charge is 0.376 e. The maximum atomic E-state index is 5.82. The van der Waals surface area contributed by atoms with E-state index in [-0.39, 0.29) is 24.0 Å². The van der Waals surface area contributed by atoms with Gasteiger partial charge in [0.25, 0.3) is 0 Å². The molecule has 1 heterocycles. The number of imidazole rings is 1. The summed E-state index contributed by atoms with van der Waals surface area (Å²) in [6, 6.07) is 20.6. The number of hydrogen-bond donors (Lipinski definition) is 2. The summed E-state index contributed by atoms with van der Waals surface area (Å²) in [4.78, 5) is 8.80. The van der Waals surface area contributed by atoms with Crippen LogP contribution in [0.25, 0.3) is 0 Å². The Bertz CT molecular complexity index is 899. The Morgan fingerprint density at radius 2 is 1.71 bits per heavy atom. The van der Waals surface area contributed by atoms with E-state index < -0.39 is 0 Å². The van der Waals surface area contributed by atoms with Crippen LogP contribution in [0.2, 0.25) is 0 Å². The third-order valence-corrected chi connectivity index (χ3v) is 4.77. The number of hydrogen-bond acceptors (Lipinski definition) is 3. The molecule has 3 aromatic rings. The molecule has 1 atom stereocenters. The molecule has 1 unspecified atom stereocenters. The minimum atomic E-state index is 0. The lowest BCUT2D eigenvalue weighted by molar-refractivity contribution is 0.0931. The minimum Gasteiger partial charge on any atom is -0.376 e. The quantitative estimate of drug-likeness (QED) is 0.235. The molecule has 1 aromatic heterocycles. The molecule has 0 spiro atoms. The molecule has 0 amide bonds. The molecule has 0 radical (unpaired) electrons. The number of aliphatic imine (C=N–C) groups is 1. The molecular weight excluding hydrogens is 501 g/mol. The van der Waals surface area contributed by atoms with Gasteiger partial charge in [-0.2, -0.15) is 0 Å². The van der Waals surface area contributed by atoms with Crippen LogP contribution in [0, 0.1) is 5.92 Å². The molecule has 31 heavy (non-hydrogen) atoms. The Morgan fingerprint density at radius 3 is 2.39 bits per heavy atom. The predicted molar refractivity (Wildman–Crippen MR) is 137 cm³/mol. The number of ether oxygens (including phenoxy) is 1. The maximum absolute atomic E-state index is 5.82. The summed E-state index contributed by atoms with van der Waals surface area (Å²) in [7, 11) is 1.78. The molecule has 0 aliphatic rings. The van der Waals surface area contributed by atoms with E-state index in [2.05, 4.69) is 68.5 Å². The second-order valence-electron chi connectivity index (χ2n) is 7.37. The first-order valence-electron chi connectivity index (χ1n) is 10.3. The van der Waals surface area contributed by atoms with Gasteiger partial charge in [0, 0.05) is 32.5 Å². The minimum absolute atomic E-state index is 0. The van der Waals surface area contributed by atoms with Crippen molar-refractivity contribution in [2.45, 2.75) is 26.6 Å². The zero-order valence-electron chi connectivity index (χ0n) is 18.2. The van der Waals surface area contributed by atoms with Crippen molar-refractivity contribution in [3.05, 3.63) is 90.0 Å². The Hall–Kier alpha value is -2.39. The zero-order chi connectivity index (χ0) is 21.0. The van der Waals surface area contributed by atoms with Crippen molar-refractivity contribution in [1.29, 1.82) is 0 Å². The van der Waals surface area contributed by atoms with Crippen LogP contribution in [0.5, 0.6) is 0 Å². The van der Waals surface area contributed by atoms with E-state index in [1.165, 1.54) is 11.1 Å². The molecule has 0 aliphatic carbocycles. The maximum Gasteiger partial charge on any atom is 0.191 e. The second kappa shape index (κ2) is 13.8. The third kappa shape index (κ3) is 8.70. The number of nitrogens with one attached hydrogen (secondary N) is 2. The monoisotopic (exact) mass is 533 g/mol. The van der Waals surface area contributed by atoms with Crippen molar-refractivity contribution in [2.24, 2.45) is 10.9 Å². The van der Waals surface area contributed by atoms with Gasteiger partial charge >= 0.3 is 0 Å². The smallest absolute Gasteiger partial charge is 0.191 e. The Morgan fingerprint density at radius 1 is 1.03 bits per heavy atom. The highest BCUT2D eigenvalue weighted by Gasteiger charge is 2.07. The van der Waals surface area contributed by atoms with Crippen molar-refractivity contribution >= 4 is 29.9 Å². The van der Waals surface area contributed by atoms with Gasteiger partial charge in [0.15, 0.2) is 5.96 Å². The molecule has 0 fully saturated rings. The molecule has 2 aromatic carbocycles. The van der Waals surface area contributed by atoms with Crippen LogP contribution in [0.3, 0.4) is 0 Å². The lowest BCUT2D eigenvalue weighted by Gasteiger charge is -2.16. The van der Waals surface area contributed by atoms with Gasteiger partial charge in [-0.05, 0) is 17.0 Å². The number of halogens is 1. The second-order valence-corrected chi connectivity index (χ2v) is 7.37. The van der Waals surface area contributed by atoms with Crippen molar-refractivity contribution in [1.82, 2.24) is 20.2 Å². The van der Waals surface area contributed by atoms with Crippen molar-refractivity contribution in [3.8, 4) is 0 Å². The van der Waals surface area contributed by atoms with E-state index in [4.69, 9.17) is 4.74 Å². The summed E-state index contributed by atoms with van der Waals surface area (Å²) in [6.45, 7) is 5.70. The third-order valence-electron chi connectivity index (χ3n) is 4.77. The SMILES string of the molecule is CN=C(NCc1nccn1Cc1ccccc1)NCC(C)COCc1ccccc1.I. The molecular formula is C24H32IN5O. The van der Waals surface area contributed by atoms with Crippen molar-refractivity contribution < 1.29 is 4.74 Å². The summed E-state index contributed by atoms with van der Waals surface area (Å²) in [5.41, 5.74) is 2.45. The Balaban J connectivity index is 0.00000341. The van der Waals surface area contributed by atoms with Gasteiger partial charge in [-0.1, -0.05) is 67.6 Å². The van der Waals surface area contributed by atoms with Crippen LogP contribution in [-0.2, 0) is 24.4 Å². The van der Waals surface area contributed by atoms with Gasteiger partial charge in [0.1, 0.15) is 5.82 Å². The van der Waals surface area contributed by atoms with Gasteiger partial charge in [-0.15, -0.1) is 24.0 Å². The molecule has 166 valence electrons. The number of aromatic nitrogens is 2. The fourth-order valence-corrected chi connectivity index (χ4v) is 3.10. The highest BCUT2D eigenvalue weighted by Crippen LogP contribution is 2.06. The molecule has 0 aliphatic heterocycles. The Labute approximate surface area is 202 Å². The highest BCUT2D eigenvalue weighted by atomic mass is 127. The van der Waals surface area contributed by atoms with Crippen LogP contribution in [0.4, 0.5) is 0 Å². The first kappa shape index (κ1) is 24.9. The van der Waals surface area contributed by atoms with E-state index >= 15 is 0 Å². The van der Waals surface area contributed by atoms with E-state index in [0.717, 1.165) is 24.9 Å². The van der Waals surface area contributed by atoms with Crippen LogP contribution in [0.1, 0.15) is 23.9 Å². The first-order valence-corrected chi connectivity index (χ1v) is 10.3. The van der Waals surface area contributed by atoms with Gasteiger partial charge in [-0.25, -0.2) is 4.98 Å². The number of rotatable bonds is 10. The normalized spacial score (nSPS) is 12.1. The van der Waals surface area contributed by atoms with Gasteiger partial charge in [-0.3, -0.25) is 4.99 Å². The molecule has 0 saturated carbocycles. The van der Waals surface area contributed by atoms with Crippen molar-refractivity contribution in [3.63, 3.8) is 0 Å². The summed E-state index contributed by atoms with van der Waals surface area (Å²) in [5.74, 6) is 2.10. The van der Waals surface area contributed by atoms with Gasteiger partial charge < -0.3 is 19.9 Å². The highest BCUT2D eigenvalue weighted by molar-refractivity contribution is 14.0. The average Bonchev–Trinajstić information content (AvgIpc) is 3.22. The Kier molecular flexibility index (Phi) is 11.1. The average molecular weight is 533 g/mol. The number of guanidine groups is 1. The topological polar surface area (TPSA) is 63.5 Å². The van der Waals surface area contributed by atoms with Crippen LogP contribution >= 0.6 is 24.0 Å². The zero-order valence-corrected chi connectivity index (χ0v) is 20.5. The van der Waals surface area contributed by atoms with E-state index in [9.17, 15) is 0 Å². The van der Waals surface area contributed by atoms with Crippen LogP contribution in [-0.4, -0.2) is 35.7 Å². The van der Waals surface area contributed by atoms with Crippen LogP contribution in [0.15, 0.2) is 78.0 Å². The lowest BCUT2D eigenvalue weighted by Crippen LogP contribution is -2.40. The summed E-state index contributed by atoms with van der Waals surface area (Å²) in [6.07, 6.45) is 3.84. The van der Waals surface area contributed by atoms with Crippen LogP contribution < -0.4 is 10.6 Å². The summed E-state index contributed by atoms with van der Waals surface area (Å²) in [5, 5.41) is 6.72. The van der Waals surface area contributed by atoms with E-state index in [0.29, 0.717) is 25.7 Å². The predicted octanol–water partition coefficient (Wildman–Crippen LogP) is 4.07. The summed E-state index contributed by atoms with van der Waals surface area (Å²) >= 11 is 0. The molecule has 3 rings (SSSR count). The molecule has 0 saturated heterocycles. The molecule has 0 bridgehead atoms. The van der Waals surface area contributed by atoms with E-state index in [1.807, 2.05) is 36.7 Å². The van der Waals surface area contributed by atoms with Gasteiger partial charge in [0.05, 0.1) is 19.8 Å². The number of nitrogens with zero attached hydrogens (tertiary/aromatic N) is 3. The van der Waals surface area contributed by atoms with E-state index in [1.54, 1.807) is 7.05 Å². The fraction of sp³-hybridized carbons (Fsp3) is 0.333. The molecule has 2 N–H and O–H groups in total. The van der Waals surface area contributed by atoms with Gasteiger partial charge in [0.2, 0.25) is 0 Å².